The van der Waals surface area contributed by atoms with Crippen molar-refractivity contribution in [3.8, 4) is 0 Å². The highest BCUT2D eigenvalue weighted by Gasteiger charge is 2.25. The van der Waals surface area contributed by atoms with Crippen molar-refractivity contribution < 1.29 is 14.4 Å². The molecular weight excluding hydrogens is 246 g/mol. The molecule has 1 N–H and O–H groups in total. The molecule has 0 saturated carbocycles. The molecule has 6 heteroatoms. The highest BCUT2D eigenvalue weighted by Crippen LogP contribution is 2.20. The summed E-state index contributed by atoms with van der Waals surface area (Å²) >= 11 is 0. The van der Waals surface area contributed by atoms with Crippen molar-refractivity contribution in [1.82, 2.24) is 15.0 Å². The maximum Gasteiger partial charge on any atom is 0.226 e. The number of hydrogen-bond donors (Lipinski definition) is 1. The van der Waals surface area contributed by atoms with Crippen molar-refractivity contribution in [2.45, 2.75) is 38.7 Å². The van der Waals surface area contributed by atoms with E-state index in [9.17, 15) is 0 Å². The molecule has 0 spiro atoms. The molecule has 2 rings (SSSR count). The quantitative estimate of drug-likeness (QED) is 0.749. The standard InChI is InChI=1S/C13H23N3O3/c1-2-6-16-7-9-18-11(10-16)13-14-12(19-15-13)5-3-4-8-17/h11,17H,2-10H2,1H3. The molecule has 1 atom stereocenters. The fourth-order valence-corrected chi connectivity index (χ4v) is 2.27. The third-order valence-electron chi connectivity index (χ3n) is 3.26. The lowest BCUT2D eigenvalue weighted by molar-refractivity contribution is -0.0350. The number of morpholine rings is 1. The molecule has 1 fully saturated rings. The predicted octanol–water partition coefficient (Wildman–Crippen LogP) is 1.17. The Bertz CT molecular complexity index is 368. The van der Waals surface area contributed by atoms with Gasteiger partial charge in [-0.2, -0.15) is 4.98 Å². The minimum atomic E-state index is -0.0735. The Morgan fingerprint density at radius 2 is 2.32 bits per heavy atom. The molecule has 1 aromatic rings. The van der Waals surface area contributed by atoms with E-state index in [0.29, 0.717) is 11.7 Å². The normalized spacial score (nSPS) is 20.8. The first-order chi connectivity index (χ1) is 9.33. The van der Waals surface area contributed by atoms with Crippen LogP contribution < -0.4 is 0 Å². The molecular formula is C13H23N3O3. The third kappa shape index (κ3) is 4.26. The molecule has 2 heterocycles. The summed E-state index contributed by atoms with van der Waals surface area (Å²) in [5.41, 5.74) is 0. The van der Waals surface area contributed by atoms with E-state index in [1.807, 2.05) is 0 Å². The number of rotatable bonds is 7. The molecule has 0 bridgehead atoms. The Labute approximate surface area is 113 Å². The summed E-state index contributed by atoms with van der Waals surface area (Å²) in [6, 6.07) is 0. The first kappa shape index (κ1) is 14.4. The number of aryl methyl sites for hydroxylation is 1. The SMILES string of the molecule is CCCN1CCOC(c2noc(CCCCO)n2)C1. The number of aromatic nitrogens is 2. The van der Waals surface area contributed by atoms with Crippen LogP contribution >= 0.6 is 0 Å². The summed E-state index contributed by atoms with van der Waals surface area (Å²) in [4.78, 5) is 6.76. The average molecular weight is 269 g/mol. The van der Waals surface area contributed by atoms with Gasteiger partial charge in [0.05, 0.1) is 6.61 Å². The number of ether oxygens (including phenoxy) is 1. The van der Waals surface area contributed by atoms with Gasteiger partial charge in [-0.25, -0.2) is 0 Å². The smallest absolute Gasteiger partial charge is 0.226 e. The van der Waals surface area contributed by atoms with Crippen molar-refractivity contribution in [1.29, 1.82) is 0 Å². The first-order valence-corrected chi connectivity index (χ1v) is 7.10. The van der Waals surface area contributed by atoms with E-state index in [0.717, 1.165) is 51.9 Å². The zero-order chi connectivity index (χ0) is 13.5. The molecule has 1 unspecified atom stereocenters. The molecule has 0 aromatic carbocycles. The van der Waals surface area contributed by atoms with Crippen molar-refractivity contribution in [2.75, 3.05) is 32.8 Å². The van der Waals surface area contributed by atoms with Gasteiger partial charge in [0.1, 0.15) is 6.10 Å². The van der Waals surface area contributed by atoms with Crippen LogP contribution in [0.15, 0.2) is 4.52 Å². The summed E-state index contributed by atoms with van der Waals surface area (Å²) in [5, 5.41) is 12.8. The Morgan fingerprint density at radius 3 is 3.11 bits per heavy atom. The second-order valence-corrected chi connectivity index (χ2v) is 4.89. The molecule has 6 nitrogen and oxygen atoms in total. The Morgan fingerprint density at radius 1 is 1.42 bits per heavy atom. The summed E-state index contributed by atoms with van der Waals surface area (Å²) in [6.45, 7) is 6.01. The minimum absolute atomic E-state index is 0.0735. The molecule has 1 aliphatic rings. The van der Waals surface area contributed by atoms with Gasteiger partial charge in [0, 0.05) is 26.1 Å². The van der Waals surface area contributed by atoms with Crippen LogP contribution in [-0.2, 0) is 11.2 Å². The second-order valence-electron chi connectivity index (χ2n) is 4.89. The highest BCUT2D eigenvalue weighted by atomic mass is 16.5. The highest BCUT2D eigenvalue weighted by molar-refractivity contribution is 4.94. The largest absolute Gasteiger partial charge is 0.396 e. The Kier molecular flexibility index (Phi) is 5.75. The van der Waals surface area contributed by atoms with Crippen molar-refractivity contribution in [3.05, 3.63) is 11.7 Å². The van der Waals surface area contributed by atoms with Crippen LogP contribution in [0.4, 0.5) is 0 Å². The molecule has 108 valence electrons. The Hall–Kier alpha value is -0.980. The van der Waals surface area contributed by atoms with Crippen molar-refractivity contribution >= 4 is 0 Å². The predicted molar refractivity (Wildman–Crippen MR) is 69.7 cm³/mol. The summed E-state index contributed by atoms with van der Waals surface area (Å²) in [6.07, 6.45) is 3.42. The second kappa shape index (κ2) is 7.57. The average Bonchev–Trinajstić information content (AvgIpc) is 2.89. The van der Waals surface area contributed by atoms with E-state index >= 15 is 0 Å². The maximum atomic E-state index is 8.74. The van der Waals surface area contributed by atoms with Gasteiger partial charge in [0.15, 0.2) is 0 Å². The fourth-order valence-electron chi connectivity index (χ4n) is 2.27. The van der Waals surface area contributed by atoms with Crippen LogP contribution in [0.25, 0.3) is 0 Å². The zero-order valence-corrected chi connectivity index (χ0v) is 11.5. The van der Waals surface area contributed by atoms with Crippen LogP contribution in [0, 0.1) is 0 Å². The van der Waals surface area contributed by atoms with Crippen LogP contribution in [0.3, 0.4) is 0 Å². The lowest BCUT2D eigenvalue weighted by atomic mass is 10.2. The van der Waals surface area contributed by atoms with Gasteiger partial charge in [-0.1, -0.05) is 12.1 Å². The molecule has 19 heavy (non-hydrogen) atoms. The van der Waals surface area contributed by atoms with Gasteiger partial charge in [-0.05, 0) is 25.8 Å². The van der Waals surface area contributed by atoms with E-state index in [1.165, 1.54) is 0 Å². The molecule has 1 saturated heterocycles. The lowest BCUT2D eigenvalue weighted by Gasteiger charge is -2.30. The van der Waals surface area contributed by atoms with E-state index in [4.69, 9.17) is 14.4 Å². The lowest BCUT2D eigenvalue weighted by Crippen LogP contribution is -2.39. The number of aliphatic hydroxyl groups is 1. The number of hydrogen-bond acceptors (Lipinski definition) is 6. The van der Waals surface area contributed by atoms with Crippen molar-refractivity contribution in [3.63, 3.8) is 0 Å². The molecule has 0 radical (unpaired) electrons. The van der Waals surface area contributed by atoms with Gasteiger partial charge < -0.3 is 14.4 Å². The summed E-state index contributed by atoms with van der Waals surface area (Å²) < 4.78 is 10.9. The van der Waals surface area contributed by atoms with Gasteiger partial charge in [-0.15, -0.1) is 0 Å². The van der Waals surface area contributed by atoms with Gasteiger partial charge >= 0.3 is 0 Å². The van der Waals surface area contributed by atoms with E-state index in [1.54, 1.807) is 0 Å². The first-order valence-electron chi connectivity index (χ1n) is 7.10. The van der Waals surface area contributed by atoms with E-state index in [2.05, 4.69) is 22.0 Å². The van der Waals surface area contributed by atoms with Gasteiger partial charge in [0.2, 0.25) is 11.7 Å². The zero-order valence-electron chi connectivity index (χ0n) is 11.5. The monoisotopic (exact) mass is 269 g/mol. The minimum Gasteiger partial charge on any atom is -0.396 e. The number of aliphatic hydroxyl groups excluding tert-OH is 1. The topological polar surface area (TPSA) is 71.6 Å². The maximum absolute atomic E-state index is 8.74. The fraction of sp³-hybridized carbons (Fsp3) is 0.846. The summed E-state index contributed by atoms with van der Waals surface area (Å²) in [5.74, 6) is 1.29. The molecule has 1 aliphatic heterocycles. The van der Waals surface area contributed by atoms with Gasteiger partial charge in [0.25, 0.3) is 0 Å². The third-order valence-corrected chi connectivity index (χ3v) is 3.26. The van der Waals surface area contributed by atoms with Crippen LogP contribution in [0.5, 0.6) is 0 Å². The summed E-state index contributed by atoms with van der Waals surface area (Å²) in [7, 11) is 0. The molecule has 0 amide bonds. The van der Waals surface area contributed by atoms with Crippen LogP contribution in [0.1, 0.15) is 44.0 Å². The number of nitrogens with zero attached hydrogens (tertiary/aromatic N) is 3. The van der Waals surface area contributed by atoms with Gasteiger partial charge in [-0.3, -0.25) is 4.90 Å². The Balaban J connectivity index is 1.86. The molecule has 0 aliphatic carbocycles. The number of unbranched alkanes of at least 4 members (excludes halogenated alkanes) is 1. The van der Waals surface area contributed by atoms with E-state index in [-0.39, 0.29) is 12.7 Å². The molecule has 1 aromatic heterocycles. The van der Waals surface area contributed by atoms with Crippen LogP contribution in [0.2, 0.25) is 0 Å². The van der Waals surface area contributed by atoms with Crippen molar-refractivity contribution in [2.24, 2.45) is 0 Å². The van der Waals surface area contributed by atoms with Crippen LogP contribution in [-0.4, -0.2) is 53.0 Å². The van der Waals surface area contributed by atoms with E-state index < -0.39 is 0 Å².